The van der Waals surface area contributed by atoms with E-state index in [-0.39, 0.29) is 23.0 Å². The van der Waals surface area contributed by atoms with Crippen LogP contribution in [-0.2, 0) is 11.3 Å². The summed E-state index contributed by atoms with van der Waals surface area (Å²) in [7, 11) is 1.60. The first-order chi connectivity index (χ1) is 20.2. The molecule has 1 aliphatic heterocycles. The van der Waals surface area contributed by atoms with Crippen LogP contribution in [0.3, 0.4) is 0 Å². The van der Waals surface area contributed by atoms with Crippen LogP contribution in [0.4, 0.5) is 20.2 Å². The largest absolute Gasteiger partial charge is 0.477 e. The highest BCUT2D eigenvalue weighted by molar-refractivity contribution is 6.18. The highest BCUT2D eigenvalue weighted by Crippen LogP contribution is 2.43. The van der Waals surface area contributed by atoms with Gasteiger partial charge in [0.1, 0.15) is 16.9 Å². The van der Waals surface area contributed by atoms with Crippen LogP contribution in [0.5, 0.6) is 0 Å². The molecule has 5 aromatic rings. The molecule has 6 rings (SSSR count). The van der Waals surface area contributed by atoms with E-state index in [1.807, 2.05) is 4.90 Å². The van der Waals surface area contributed by atoms with Crippen molar-refractivity contribution in [3.63, 3.8) is 0 Å². The van der Waals surface area contributed by atoms with Crippen LogP contribution in [0.2, 0.25) is 0 Å². The highest BCUT2D eigenvalue weighted by atomic mass is 19.2. The molecule has 0 aliphatic carbocycles. The Balaban J connectivity index is 1.67. The zero-order chi connectivity index (χ0) is 29.7. The van der Waals surface area contributed by atoms with E-state index in [1.54, 1.807) is 7.05 Å². The fourth-order valence-corrected chi connectivity index (χ4v) is 5.46. The monoisotopic (exact) mass is 580 g/mol. The summed E-state index contributed by atoms with van der Waals surface area (Å²) in [6.45, 7) is 0.857. The summed E-state index contributed by atoms with van der Waals surface area (Å²) < 4.78 is 37.1. The number of rotatable bonds is 7. The lowest BCUT2D eigenvalue weighted by Gasteiger charge is -2.31. The molecule has 5 heterocycles. The zero-order valence-corrected chi connectivity index (χ0v) is 22.3. The Hall–Kier alpha value is -4.66. The summed E-state index contributed by atoms with van der Waals surface area (Å²) in [4.78, 5) is 39.2. The predicted octanol–water partition coefficient (Wildman–Crippen LogP) is 2.30. The number of morpholine rings is 1. The molecule has 1 unspecified atom stereocenters. The minimum absolute atomic E-state index is 0.00690. The summed E-state index contributed by atoms with van der Waals surface area (Å²) >= 11 is 0. The van der Waals surface area contributed by atoms with Gasteiger partial charge in [0.2, 0.25) is 5.43 Å². The third-order valence-electron chi connectivity index (χ3n) is 7.43. The van der Waals surface area contributed by atoms with Gasteiger partial charge in [0.15, 0.2) is 11.6 Å². The molecule has 1 aliphatic rings. The van der Waals surface area contributed by atoms with Crippen molar-refractivity contribution in [1.29, 1.82) is 0 Å². The molecule has 4 aromatic heterocycles. The van der Waals surface area contributed by atoms with Crippen LogP contribution in [0, 0.1) is 11.6 Å². The number of benzene rings is 1. The summed E-state index contributed by atoms with van der Waals surface area (Å²) in [5, 5.41) is 32.2. The molecule has 42 heavy (non-hydrogen) atoms. The van der Waals surface area contributed by atoms with Crippen LogP contribution in [-0.4, -0.2) is 86.9 Å². The molecule has 1 saturated heterocycles. The minimum Gasteiger partial charge on any atom is -0.477 e. The summed E-state index contributed by atoms with van der Waals surface area (Å²) in [5.74, 6) is -3.55. The maximum absolute atomic E-state index is 15.5. The highest BCUT2D eigenvalue weighted by Gasteiger charge is 2.27. The van der Waals surface area contributed by atoms with Gasteiger partial charge in [-0.05, 0) is 6.07 Å². The van der Waals surface area contributed by atoms with Crippen molar-refractivity contribution in [1.82, 2.24) is 19.5 Å². The Morgan fingerprint density at radius 1 is 1.19 bits per heavy atom. The number of halogens is 2. The van der Waals surface area contributed by atoms with Gasteiger partial charge in [0, 0.05) is 55.9 Å². The van der Waals surface area contributed by atoms with Crippen molar-refractivity contribution in [3.05, 3.63) is 58.1 Å². The lowest BCUT2D eigenvalue weighted by Crippen LogP contribution is -2.36. The number of nitrogens with zero attached hydrogens (tertiary/aromatic N) is 4. The predicted molar refractivity (Wildman–Crippen MR) is 151 cm³/mol. The first-order valence-electron chi connectivity index (χ1n) is 13.1. The number of ether oxygens (including phenoxy) is 1. The van der Waals surface area contributed by atoms with E-state index >= 15 is 4.39 Å². The molecule has 0 radical (unpaired) electrons. The SMILES string of the molecule is CNc1cc(F)c(F)c2c1[nH]c1ncc(-c3cnc4c(c3)c(=O)c(C(=O)O)cn4CC(O)CO)c(N3CCOCC3)c12. The fourth-order valence-electron chi connectivity index (χ4n) is 5.46. The second-order valence-electron chi connectivity index (χ2n) is 9.95. The second kappa shape index (κ2) is 10.6. The Bertz CT molecular complexity index is 1930. The maximum Gasteiger partial charge on any atom is 0.341 e. The number of hydrogen-bond donors (Lipinski definition) is 5. The quantitative estimate of drug-likeness (QED) is 0.193. The van der Waals surface area contributed by atoms with Crippen LogP contribution in [0.1, 0.15) is 10.4 Å². The number of aromatic carboxylic acids is 1. The van der Waals surface area contributed by atoms with Crippen molar-refractivity contribution in [2.24, 2.45) is 0 Å². The van der Waals surface area contributed by atoms with E-state index in [1.165, 1.54) is 23.0 Å². The number of aromatic nitrogens is 4. The Kier molecular flexibility index (Phi) is 6.96. The second-order valence-corrected chi connectivity index (χ2v) is 9.95. The number of fused-ring (bicyclic) bond motifs is 4. The van der Waals surface area contributed by atoms with E-state index in [0.29, 0.717) is 65.4 Å². The van der Waals surface area contributed by atoms with Crippen molar-refractivity contribution in [2.45, 2.75) is 12.6 Å². The van der Waals surface area contributed by atoms with Gasteiger partial charge in [-0.3, -0.25) is 4.79 Å². The van der Waals surface area contributed by atoms with Gasteiger partial charge in [0.25, 0.3) is 0 Å². The third kappa shape index (κ3) is 4.40. The van der Waals surface area contributed by atoms with Gasteiger partial charge in [-0.25, -0.2) is 23.5 Å². The van der Waals surface area contributed by atoms with Gasteiger partial charge in [-0.2, -0.15) is 0 Å². The topological polar surface area (TPSA) is 166 Å². The summed E-state index contributed by atoms with van der Waals surface area (Å²) in [6.07, 6.45) is 2.85. The lowest BCUT2D eigenvalue weighted by atomic mass is 10.0. The molecular weight excluding hydrogens is 554 g/mol. The van der Waals surface area contributed by atoms with Crippen LogP contribution < -0.4 is 15.6 Å². The standard InChI is InChI=1S/C28H26F2N6O6/c1-31-19-7-18(29)22(30)20-21-24(35-2-4-42-5-3-35)16(9-32-26(21)34-23(19)20)13-6-15-25(39)17(28(40)41)11-36(10-14(38)12-37)27(15)33-8-13/h6-9,11,14,31,37-38H,2-5,10,12H2,1H3,(H,32,34)(H,40,41). The molecule has 1 aromatic carbocycles. The first kappa shape index (κ1) is 27.5. The van der Waals surface area contributed by atoms with E-state index in [4.69, 9.17) is 4.74 Å². The molecule has 0 amide bonds. The molecule has 218 valence electrons. The Morgan fingerprint density at radius 3 is 2.64 bits per heavy atom. The Morgan fingerprint density at radius 2 is 1.95 bits per heavy atom. The number of carboxylic acid groups (broad SMARTS) is 1. The van der Waals surface area contributed by atoms with Gasteiger partial charge < -0.3 is 39.8 Å². The Labute approximate surface area is 235 Å². The number of H-pyrrole nitrogens is 1. The molecule has 1 fully saturated rings. The molecule has 14 heteroatoms. The third-order valence-corrected chi connectivity index (χ3v) is 7.43. The van der Waals surface area contributed by atoms with Crippen molar-refractivity contribution in [2.75, 3.05) is 50.2 Å². The smallest absolute Gasteiger partial charge is 0.341 e. The number of aliphatic hydroxyl groups excluding tert-OH is 2. The molecule has 1 atom stereocenters. The summed E-state index contributed by atoms with van der Waals surface area (Å²) in [6, 6.07) is 2.53. The van der Waals surface area contributed by atoms with E-state index in [9.17, 15) is 29.3 Å². The van der Waals surface area contributed by atoms with E-state index in [0.717, 1.165) is 12.3 Å². The number of aliphatic hydroxyl groups is 2. The maximum atomic E-state index is 15.5. The van der Waals surface area contributed by atoms with Crippen molar-refractivity contribution in [3.8, 4) is 11.1 Å². The van der Waals surface area contributed by atoms with Gasteiger partial charge in [0.05, 0.1) is 65.5 Å². The number of hydrogen-bond acceptors (Lipinski definition) is 9. The van der Waals surface area contributed by atoms with Crippen molar-refractivity contribution < 1.29 is 33.6 Å². The number of anilines is 2. The minimum atomic E-state index is -1.46. The van der Waals surface area contributed by atoms with Crippen LogP contribution in [0.25, 0.3) is 44.1 Å². The van der Waals surface area contributed by atoms with E-state index in [2.05, 4.69) is 20.3 Å². The summed E-state index contributed by atoms with van der Waals surface area (Å²) in [5.41, 5.74) is 1.12. The van der Waals surface area contributed by atoms with Crippen molar-refractivity contribution >= 4 is 50.3 Å². The van der Waals surface area contributed by atoms with Gasteiger partial charge in [-0.1, -0.05) is 0 Å². The zero-order valence-electron chi connectivity index (χ0n) is 22.3. The van der Waals surface area contributed by atoms with Crippen LogP contribution in [0.15, 0.2) is 35.5 Å². The van der Waals surface area contributed by atoms with Gasteiger partial charge >= 0.3 is 5.97 Å². The molecular formula is C28H26F2N6O6. The van der Waals surface area contributed by atoms with Gasteiger partial charge in [-0.15, -0.1) is 0 Å². The average molecular weight is 581 g/mol. The molecule has 0 saturated carbocycles. The molecule has 0 spiro atoms. The van der Waals surface area contributed by atoms with Crippen LogP contribution >= 0.6 is 0 Å². The molecule has 12 nitrogen and oxygen atoms in total. The molecule has 0 bridgehead atoms. The lowest BCUT2D eigenvalue weighted by molar-refractivity contribution is 0.0691. The number of aromatic amines is 1. The fraction of sp³-hybridized carbons (Fsp3) is 0.286. The first-order valence-corrected chi connectivity index (χ1v) is 13.1. The number of nitrogens with one attached hydrogen (secondary N) is 2. The molecule has 5 N–H and O–H groups in total. The average Bonchev–Trinajstić information content (AvgIpc) is 3.40. The number of carboxylic acids is 1. The number of carbonyl (C=O) groups is 1. The number of pyridine rings is 3. The normalized spacial score (nSPS) is 14.6. The van der Waals surface area contributed by atoms with E-state index < -0.39 is 41.3 Å².